The maximum Gasteiger partial charge on any atom is 0.237 e. The highest BCUT2D eigenvalue weighted by Crippen LogP contribution is 2.11. The lowest BCUT2D eigenvalue weighted by atomic mass is 10.2. The van der Waals surface area contributed by atoms with Gasteiger partial charge in [0.25, 0.3) is 0 Å². The third-order valence-corrected chi connectivity index (χ3v) is 3.77. The largest absolute Gasteiger partial charge is 0.326 e. The molecule has 1 amide bonds. The highest BCUT2D eigenvalue weighted by molar-refractivity contribution is 7.98. The Bertz CT molecular complexity index is 211. The number of unbranched alkanes of at least 4 members (excludes halogenated alkanes) is 3. The van der Waals surface area contributed by atoms with Gasteiger partial charge < -0.3 is 4.90 Å². The van der Waals surface area contributed by atoms with Crippen molar-refractivity contribution in [3.8, 4) is 0 Å². The van der Waals surface area contributed by atoms with Gasteiger partial charge in [0.1, 0.15) is 0 Å². The van der Waals surface area contributed by atoms with Crippen LogP contribution >= 0.6 is 11.8 Å². The molecule has 0 aromatic heterocycles. The van der Waals surface area contributed by atoms with E-state index in [1.165, 1.54) is 25.0 Å². The zero-order valence-corrected chi connectivity index (χ0v) is 11.3. The maximum absolute atomic E-state index is 11.6. The van der Waals surface area contributed by atoms with Crippen molar-refractivity contribution in [3.05, 3.63) is 0 Å². The van der Waals surface area contributed by atoms with Gasteiger partial charge in [-0.25, -0.2) is 0 Å². The Morgan fingerprint density at radius 3 is 2.81 bits per heavy atom. The van der Waals surface area contributed by atoms with Crippen LogP contribution in [0.5, 0.6) is 0 Å². The van der Waals surface area contributed by atoms with Crippen LogP contribution in [0, 0.1) is 0 Å². The van der Waals surface area contributed by atoms with Crippen molar-refractivity contribution in [1.29, 1.82) is 0 Å². The second kappa shape index (κ2) is 7.96. The molecule has 1 atom stereocenters. The number of nitrogens with one attached hydrogen (secondary N) is 1. The monoisotopic (exact) mass is 244 g/mol. The lowest BCUT2D eigenvalue weighted by Crippen LogP contribution is -2.37. The van der Waals surface area contributed by atoms with Gasteiger partial charge in [0, 0.05) is 6.54 Å². The molecule has 0 aliphatic carbocycles. The van der Waals surface area contributed by atoms with E-state index in [0.717, 1.165) is 19.4 Å². The summed E-state index contributed by atoms with van der Waals surface area (Å²) in [6, 6.07) is 0. The Morgan fingerprint density at radius 1 is 1.38 bits per heavy atom. The van der Waals surface area contributed by atoms with Crippen molar-refractivity contribution >= 4 is 17.7 Å². The van der Waals surface area contributed by atoms with Crippen LogP contribution in [0.1, 0.15) is 39.0 Å². The van der Waals surface area contributed by atoms with Gasteiger partial charge in [0.05, 0.1) is 12.7 Å². The standard InChI is InChI=1S/C12H24N2OS/c1-3-11-13-10-12(15)14(11)8-6-4-5-7-9-16-2/h11,13H,3-10H2,1-2H3. The second-order valence-electron chi connectivity index (χ2n) is 4.30. The highest BCUT2D eigenvalue weighted by atomic mass is 32.2. The summed E-state index contributed by atoms with van der Waals surface area (Å²) in [6.45, 7) is 3.59. The Balaban J connectivity index is 2.09. The predicted octanol–water partition coefficient (Wildman–Crippen LogP) is 2.08. The van der Waals surface area contributed by atoms with Gasteiger partial charge in [-0.1, -0.05) is 19.8 Å². The zero-order valence-electron chi connectivity index (χ0n) is 10.5. The molecule has 1 saturated heterocycles. The van der Waals surface area contributed by atoms with E-state index in [1.807, 2.05) is 16.7 Å². The molecular formula is C12H24N2OS. The lowest BCUT2D eigenvalue weighted by molar-refractivity contribution is -0.128. The molecule has 1 aliphatic rings. The summed E-state index contributed by atoms with van der Waals surface area (Å²) < 4.78 is 0. The van der Waals surface area contributed by atoms with Gasteiger partial charge in [-0.3, -0.25) is 10.1 Å². The summed E-state index contributed by atoms with van der Waals surface area (Å²) >= 11 is 1.91. The normalized spacial score (nSPS) is 20.8. The molecule has 3 nitrogen and oxygen atoms in total. The third kappa shape index (κ3) is 4.34. The van der Waals surface area contributed by atoms with E-state index in [1.54, 1.807) is 0 Å². The molecule has 0 aromatic carbocycles. The van der Waals surface area contributed by atoms with E-state index in [-0.39, 0.29) is 5.91 Å². The average Bonchev–Trinajstić information content (AvgIpc) is 2.65. The van der Waals surface area contributed by atoms with Gasteiger partial charge in [-0.15, -0.1) is 0 Å². The highest BCUT2D eigenvalue weighted by Gasteiger charge is 2.27. The van der Waals surface area contributed by atoms with E-state index in [2.05, 4.69) is 18.5 Å². The van der Waals surface area contributed by atoms with Crippen molar-refractivity contribution in [2.75, 3.05) is 25.1 Å². The van der Waals surface area contributed by atoms with Crippen molar-refractivity contribution in [1.82, 2.24) is 10.2 Å². The zero-order chi connectivity index (χ0) is 11.8. The summed E-state index contributed by atoms with van der Waals surface area (Å²) in [5.74, 6) is 1.54. The van der Waals surface area contributed by atoms with Crippen LogP contribution in [0.4, 0.5) is 0 Å². The number of carbonyl (C=O) groups is 1. The van der Waals surface area contributed by atoms with Gasteiger partial charge >= 0.3 is 0 Å². The molecule has 1 fully saturated rings. The topological polar surface area (TPSA) is 32.3 Å². The molecule has 1 heterocycles. The van der Waals surface area contributed by atoms with Gasteiger partial charge in [0.2, 0.25) is 5.91 Å². The molecule has 0 saturated carbocycles. The first kappa shape index (κ1) is 13.8. The minimum absolute atomic E-state index is 0.274. The second-order valence-corrected chi connectivity index (χ2v) is 5.28. The number of hydrogen-bond donors (Lipinski definition) is 1. The number of thioether (sulfide) groups is 1. The molecule has 16 heavy (non-hydrogen) atoms. The van der Waals surface area contributed by atoms with Crippen molar-refractivity contribution in [2.45, 2.75) is 45.2 Å². The molecule has 1 unspecified atom stereocenters. The Labute approximate surface area is 103 Å². The molecular weight excluding hydrogens is 220 g/mol. The van der Waals surface area contributed by atoms with E-state index < -0.39 is 0 Å². The van der Waals surface area contributed by atoms with Crippen LogP contribution in [0.25, 0.3) is 0 Å². The molecule has 0 bridgehead atoms. The number of rotatable bonds is 8. The fourth-order valence-electron chi connectivity index (χ4n) is 2.12. The molecule has 4 heteroatoms. The van der Waals surface area contributed by atoms with E-state index >= 15 is 0 Å². The first-order chi connectivity index (χ1) is 7.79. The first-order valence-electron chi connectivity index (χ1n) is 6.31. The van der Waals surface area contributed by atoms with Crippen LogP contribution in [0.2, 0.25) is 0 Å². The molecule has 0 radical (unpaired) electrons. The number of nitrogens with zero attached hydrogens (tertiary/aromatic N) is 1. The van der Waals surface area contributed by atoms with Gasteiger partial charge in [-0.05, 0) is 31.3 Å². The minimum atomic E-state index is 0.274. The number of carbonyl (C=O) groups excluding carboxylic acids is 1. The van der Waals surface area contributed by atoms with E-state index in [0.29, 0.717) is 12.7 Å². The number of amides is 1. The summed E-state index contributed by atoms with van der Waals surface area (Å²) in [5, 5.41) is 3.24. The Kier molecular flexibility index (Phi) is 6.88. The Morgan fingerprint density at radius 2 is 2.12 bits per heavy atom. The smallest absolute Gasteiger partial charge is 0.237 e. The number of hydrogen-bond acceptors (Lipinski definition) is 3. The molecule has 1 N–H and O–H groups in total. The predicted molar refractivity (Wildman–Crippen MR) is 70.6 cm³/mol. The molecule has 1 aliphatic heterocycles. The Hall–Kier alpha value is -0.220. The van der Waals surface area contributed by atoms with Crippen LogP contribution in [0.15, 0.2) is 0 Å². The van der Waals surface area contributed by atoms with Crippen molar-refractivity contribution in [3.63, 3.8) is 0 Å². The van der Waals surface area contributed by atoms with Gasteiger partial charge in [-0.2, -0.15) is 11.8 Å². The van der Waals surface area contributed by atoms with Crippen LogP contribution in [-0.2, 0) is 4.79 Å². The molecule has 0 aromatic rings. The average molecular weight is 244 g/mol. The minimum Gasteiger partial charge on any atom is -0.326 e. The molecule has 94 valence electrons. The van der Waals surface area contributed by atoms with Crippen molar-refractivity contribution in [2.24, 2.45) is 0 Å². The maximum atomic E-state index is 11.6. The van der Waals surface area contributed by atoms with Crippen molar-refractivity contribution < 1.29 is 4.79 Å². The van der Waals surface area contributed by atoms with E-state index in [9.17, 15) is 4.79 Å². The summed E-state index contributed by atoms with van der Waals surface area (Å²) in [6.07, 6.45) is 8.47. The third-order valence-electron chi connectivity index (χ3n) is 3.07. The van der Waals surface area contributed by atoms with Crippen LogP contribution in [-0.4, -0.2) is 42.1 Å². The lowest BCUT2D eigenvalue weighted by Gasteiger charge is -2.23. The fraction of sp³-hybridized carbons (Fsp3) is 0.917. The molecule has 0 spiro atoms. The van der Waals surface area contributed by atoms with Crippen LogP contribution in [0.3, 0.4) is 0 Å². The molecule has 1 rings (SSSR count). The quantitative estimate of drug-likeness (QED) is 0.664. The first-order valence-corrected chi connectivity index (χ1v) is 7.70. The summed E-state index contributed by atoms with van der Waals surface area (Å²) in [5.41, 5.74) is 0. The fourth-order valence-corrected chi connectivity index (χ4v) is 2.61. The van der Waals surface area contributed by atoms with Crippen LogP contribution < -0.4 is 5.32 Å². The summed E-state index contributed by atoms with van der Waals surface area (Å²) in [7, 11) is 0. The SMILES string of the molecule is CCC1NCC(=O)N1CCCCCCSC. The summed E-state index contributed by atoms with van der Waals surface area (Å²) in [4.78, 5) is 13.6. The van der Waals surface area contributed by atoms with E-state index in [4.69, 9.17) is 0 Å². The van der Waals surface area contributed by atoms with Gasteiger partial charge in [0.15, 0.2) is 0 Å².